The van der Waals surface area contributed by atoms with Crippen molar-refractivity contribution < 1.29 is 9.63 Å². The third kappa shape index (κ3) is 3.39. The average Bonchev–Trinajstić information content (AvgIpc) is 3.03. The molecule has 0 aromatic heterocycles. The number of nitrogens with zero attached hydrogens (tertiary/aromatic N) is 2. The second-order valence-corrected chi connectivity index (χ2v) is 5.66. The summed E-state index contributed by atoms with van der Waals surface area (Å²) < 4.78 is 0. The molecule has 2 aliphatic rings. The molecule has 118 valence electrons. The largest absolute Gasteiger partial charge is 0.390 e. The maximum absolute atomic E-state index is 11.0. The van der Waals surface area contributed by atoms with Gasteiger partial charge in [0, 0.05) is 50.8 Å². The molecule has 1 fully saturated rings. The van der Waals surface area contributed by atoms with Crippen LogP contribution in [-0.2, 0) is 9.63 Å². The lowest BCUT2D eigenvalue weighted by Gasteiger charge is -2.31. The van der Waals surface area contributed by atoms with E-state index in [1.54, 1.807) is 0 Å². The molecule has 0 spiro atoms. The highest BCUT2D eigenvalue weighted by molar-refractivity contribution is 6.05. The van der Waals surface area contributed by atoms with Crippen LogP contribution in [-0.4, -0.2) is 50.4 Å². The first kappa shape index (κ1) is 14.8. The van der Waals surface area contributed by atoms with Crippen molar-refractivity contribution in [2.75, 3.05) is 37.6 Å². The van der Waals surface area contributed by atoms with Crippen LogP contribution in [0.5, 0.6) is 0 Å². The smallest absolute Gasteiger partial charge is 0.217 e. The van der Waals surface area contributed by atoms with E-state index in [4.69, 9.17) is 4.84 Å². The number of anilines is 1. The molecule has 6 nitrogen and oxygen atoms in total. The Bertz CT molecular complexity index is 567. The van der Waals surface area contributed by atoms with Crippen molar-refractivity contribution in [3.8, 4) is 0 Å². The van der Waals surface area contributed by atoms with Crippen LogP contribution in [0.15, 0.2) is 29.4 Å². The number of benzene rings is 1. The zero-order valence-corrected chi connectivity index (χ0v) is 12.8. The van der Waals surface area contributed by atoms with E-state index in [0.717, 1.165) is 43.9 Å². The van der Waals surface area contributed by atoms with E-state index in [0.29, 0.717) is 6.54 Å². The number of carbonyl (C=O) groups excluding carboxylic acids is 1. The van der Waals surface area contributed by atoms with E-state index >= 15 is 0 Å². The molecule has 2 aliphatic heterocycles. The van der Waals surface area contributed by atoms with Crippen molar-refractivity contribution in [3.63, 3.8) is 0 Å². The predicted octanol–water partition coefficient (Wildman–Crippen LogP) is 0.725. The molecule has 1 aromatic carbocycles. The maximum atomic E-state index is 11.0. The van der Waals surface area contributed by atoms with Crippen LogP contribution >= 0.6 is 0 Å². The Hall–Kier alpha value is -2.08. The zero-order valence-electron chi connectivity index (χ0n) is 12.8. The lowest BCUT2D eigenvalue weighted by atomic mass is 10.0. The summed E-state index contributed by atoms with van der Waals surface area (Å²) in [6, 6.07) is 8.33. The number of hydrogen-bond donors (Lipinski definition) is 2. The summed E-state index contributed by atoms with van der Waals surface area (Å²) in [5.74, 6) is -0.0433. The van der Waals surface area contributed by atoms with Gasteiger partial charge in [-0.15, -0.1) is 0 Å². The molecule has 22 heavy (non-hydrogen) atoms. The van der Waals surface area contributed by atoms with Crippen LogP contribution in [0.2, 0.25) is 0 Å². The Morgan fingerprint density at radius 3 is 2.95 bits per heavy atom. The molecular formula is C16H22N4O2. The Labute approximate surface area is 130 Å². The Morgan fingerprint density at radius 1 is 1.41 bits per heavy atom. The molecule has 0 saturated carbocycles. The van der Waals surface area contributed by atoms with Gasteiger partial charge in [0.15, 0.2) is 0 Å². The first-order chi connectivity index (χ1) is 10.7. The van der Waals surface area contributed by atoms with Crippen LogP contribution in [0.4, 0.5) is 5.69 Å². The number of oxime groups is 1. The molecule has 0 bridgehead atoms. The van der Waals surface area contributed by atoms with Gasteiger partial charge in [-0.3, -0.25) is 4.79 Å². The van der Waals surface area contributed by atoms with Gasteiger partial charge in [-0.05, 0) is 6.07 Å². The first-order valence-corrected chi connectivity index (χ1v) is 7.76. The summed E-state index contributed by atoms with van der Waals surface area (Å²) in [7, 11) is 0. The molecule has 2 heterocycles. The van der Waals surface area contributed by atoms with Crippen LogP contribution < -0.4 is 15.5 Å². The van der Waals surface area contributed by atoms with Crippen LogP contribution in [0.25, 0.3) is 0 Å². The van der Waals surface area contributed by atoms with Gasteiger partial charge in [0.2, 0.25) is 5.91 Å². The SMILES string of the molecule is CC(=O)NCC1CC(c2ccccc2N2CCNCC2)=NO1. The fourth-order valence-corrected chi connectivity index (χ4v) is 2.85. The maximum Gasteiger partial charge on any atom is 0.217 e. The van der Waals surface area contributed by atoms with Gasteiger partial charge >= 0.3 is 0 Å². The molecular weight excluding hydrogens is 280 g/mol. The van der Waals surface area contributed by atoms with Gasteiger partial charge < -0.3 is 20.4 Å². The van der Waals surface area contributed by atoms with E-state index in [2.05, 4.69) is 38.9 Å². The second-order valence-electron chi connectivity index (χ2n) is 5.66. The summed E-state index contributed by atoms with van der Waals surface area (Å²) in [5, 5.41) is 10.4. The highest BCUT2D eigenvalue weighted by Gasteiger charge is 2.25. The highest BCUT2D eigenvalue weighted by Crippen LogP contribution is 2.26. The fourth-order valence-electron chi connectivity index (χ4n) is 2.85. The fraction of sp³-hybridized carbons (Fsp3) is 0.500. The molecule has 1 amide bonds. The highest BCUT2D eigenvalue weighted by atomic mass is 16.6. The molecule has 1 aromatic rings. The molecule has 0 radical (unpaired) electrons. The second kappa shape index (κ2) is 6.79. The summed E-state index contributed by atoms with van der Waals surface area (Å²) in [6.45, 7) is 6.01. The van der Waals surface area contributed by atoms with Gasteiger partial charge in [-0.1, -0.05) is 23.4 Å². The molecule has 1 unspecified atom stereocenters. The lowest BCUT2D eigenvalue weighted by Crippen LogP contribution is -2.44. The number of para-hydroxylation sites is 1. The van der Waals surface area contributed by atoms with Gasteiger partial charge in [-0.25, -0.2) is 0 Å². The monoisotopic (exact) mass is 302 g/mol. The summed E-state index contributed by atoms with van der Waals surface area (Å²) in [4.78, 5) is 18.8. The van der Waals surface area contributed by atoms with Gasteiger partial charge in [0.25, 0.3) is 0 Å². The molecule has 1 atom stereocenters. The number of hydrogen-bond acceptors (Lipinski definition) is 5. The zero-order chi connectivity index (χ0) is 15.4. The first-order valence-electron chi connectivity index (χ1n) is 7.76. The Kier molecular flexibility index (Phi) is 4.58. The van der Waals surface area contributed by atoms with Crippen molar-refractivity contribution in [3.05, 3.63) is 29.8 Å². The summed E-state index contributed by atoms with van der Waals surface area (Å²) in [5.41, 5.74) is 3.31. The predicted molar refractivity (Wildman–Crippen MR) is 86.2 cm³/mol. The molecule has 3 rings (SSSR count). The minimum Gasteiger partial charge on any atom is -0.390 e. The number of nitrogens with one attached hydrogen (secondary N) is 2. The third-order valence-corrected chi connectivity index (χ3v) is 3.98. The van der Waals surface area contributed by atoms with Crippen LogP contribution in [0.1, 0.15) is 18.9 Å². The minimum atomic E-state index is -0.0741. The van der Waals surface area contributed by atoms with Gasteiger partial charge in [0.1, 0.15) is 6.10 Å². The summed E-state index contributed by atoms with van der Waals surface area (Å²) >= 11 is 0. The van der Waals surface area contributed by atoms with E-state index in [1.807, 2.05) is 6.07 Å². The van der Waals surface area contributed by atoms with Crippen molar-refractivity contribution in [2.45, 2.75) is 19.4 Å². The molecule has 6 heteroatoms. The lowest BCUT2D eigenvalue weighted by molar-refractivity contribution is -0.119. The Balaban J connectivity index is 1.71. The van der Waals surface area contributed by atoms with Crippen molar-refractivity contribution in [1.29, 1.82) is 0 Å². The quantitative estimate of drug-likeness (QED) is 0.860. The van der Waals surface area contributed by atoms with Crippen molar-refractivity contribution in [2.24, 2.45) is 5.16 Å². The average molecular weight is 302 g/mol. The molecule has 1 saturated heterocycles. The Morgan fingerprint density at radius 2 is 2.18 bits per heavy atom. The number of rotatable bonds is 4. The topological polar surface area (TPSA) is 66.0 Å². The van der Waals surface area contributed by atoms with Gasteiger partial charge in [-0.2, -0.15) is 0 Å². The third-order valence-electron chi connectivity index (χ3n) is 3.98. The minimum absolute atomic E-state index is 0.0433. The standard InChI is InChI=1S/C16H22N4O2/c1-12(21)18-11-13-10-15(19-22-13)14-4-2-3-5-16(14)20-8-6-17-7-9-20/h2-5,13,17H,6-11H2,1H3,(H,18,21). The van der Waals surface area contributed by atoms with E-state index in [-0.39, 0.29) is 12.0 Å². The summed E-state index contributed by atoms with van der Waals surface area (Å²) in [6.07, 6.45) is 0.651. The number of carbonyl (C=O) groups is 1. The van der Waals surface area contributed by atoms with E-state index < -0.39 is 0 Å². The molecule has 0 aliphatic carbocycles. The molecule has 2 N–H and O–H groups in total. The van der Waals surface area contributed by atoms with Crippen molar-refractivity contribution in [1.82, 2.24) is 10.6 Å². The van der Waals surface area contributed by atoms with Crippen LogP contribution in [0.3, 0.4) is 0 Å². The normalized spacial score (nSPS) is 21.2. The van der Waals surface area contributed by atoms with Gasteiger partial charge in [0.05, 0.1) is 12.3 Å². The van der Waals surface area contributed by atoms with Crippen molar-refractivity contribution >= 4 is 17.3 Å². The number of piperazine rings is 1. The number of amides is 1. The van der Waals surface area contributed by atoms with E-state index in [1.165, 1.54) is 12.6 Å². The van der Waals surface area contributed by atoms with E-state index in [9.17, 15) is 4.79 Å². The van der Waals surface area contributed by atoms with Crippen LogP contribution in [0, 0.1) is 0 Å².